The molecule has 0 fully saturated rings. The number of hydrogen-bond donors (Lipinski definition) is 1. The first-order valence-corrected chi connectivity index (χ1v) is 15.5. The lowest BCUT2D eigenvalue weighted by molar-refractivity contribution is -0.140. The molecule has 7 nitrogen and oxygen atoms in total. The van der Waals surface area contributed by atoms with E-state index in [9.17, 15) is 18.0 Å². The fourth-order valence-corrected chi connectivity index (χ4v) is 5.45. The Balaban J connectivity index is 2.04. The van der Waals surface area contributed by atoms with Gasteiger partial charge in [0.15, 0.2) is 0 Å². The third-order valence-corrected chi connectivity index (χ3v) is 7.88. The van der Waals surface area contributed by atoms with E-state index in [2.05, 4.69) is 21.2 Å². The molecule has 3 aromatic carbocycles. The van der Waals surface area contributed by atoms with Crippen molar-refractivity contribution >= 4 is 55.1 Å². The van der Waals surface area contributed by atoms with Crippen molar-refractivity contribution in [2.75, 3.05) is 23.7 Å². The number of carbonyl (C=O) groups excluding carboxylic acids is 2. The van der Waals surface area contributed by atoms with Gasteiger partial charge in [-0.1, -0.05) is 83.8 Å². The molecule has 3 rings (SSSR count). The second kappa shape index (κ2) is 14.0. The van der Waals surface area contributed by atoms with Gasteiger partial charge in [-0.25, -0.2) is 8.42 Å². The summed E-state index contributed by atoms with van der Waals surface area (Å²) in [5, 5.41) is 3.41. The van der Waals surface area contributed by atoms with Crippen LogP contribution >= 0.6 is 27.5 Å². The van der Waals surface area contributed by atoms with Crippen LogP contribution in [-0.4, -0.2) is 50.5 Å². The molecule has 208 valence electrons. The highest BCUT2D eigenvalue weighted by atomic mass is 79.9. The van der Waals surface area contributed by atoms with Crippen LogP contribution in [-0.2, 0) is 32.6 Å². The summed E-state index contributed by atoms with van der Waals surface area (Å²) in [4.78, 5) is 29.1. The van der Waals surface area contributed by atoms with Crippen molar-refractivity contribution in [1.29, 1.82) is 0 Å². The lowest BCUT2D eigenvalue weighted by Crippen LogP contribution is -2.53. The Hall–Kier alpha value is -2.88. The Morgan fingerprint density at radius 2 is 1.59 bits per heavy atom. The Labute approximate surface area is 244 Å². The summed E-state index contributed by atoms with van der Waals surface area (Å²) in [7, 11) is -3.83. The summed E-state index contributed by atoms with van der Waals surface area (Å²) < 4.78 is 27.4. The summed E-state index contributed by atoms with van der Waals surface area (Å²) in [6.07, 6.45) is 1.31. The number of hydrogen-bond acceptors (Lipinski definition) is 4. The number of nitrogens with one attached hydrogen (secondary N) is 1. The van der Waals surface area contributed by atoms with Crippen LogP contribution < -0.4 is 9.62 Å². The van der Waals surface area contributed by atoms with Crippen molar-refractivity contribution in [1.82, 2.24) is 10.2 Å². The first-order valence-electron chi connectivity index (χ1n) is 12.5. The number of nitrogens with zero attached hydrogens (tertiary/aromatic N) is 2. The van der Waals surface area contributed by atoms with Crippen LogP contribution in [0.5, 0.6) is 0 Å². The highest BCUT2D eigenvalue weighted by molar-refractivity contribution is 9.10. The molecule has 0 saturated carbocycles. The zero-order valence-electron chi connectivity index (χ0n) is 22.2. The van der Waals surface area contributed by atoms with Gasteiger partial charge in [0, 0.05) is 29.0 Å². The summed E-state index contributed by atoms with van der Waals surface area (Å²) in [5.41, 5.74) is 1.98. The topological polar surface area (TPSA) is 86.8 Å². The van der Waals surface area contributed by atoms with Crippen molar-refractivity contribution in [3.05, 3.63) is 99.5 Å². The molecular formula is C29H33BrClN3O4S. The Morgan fingerprint density at radius 3 is 2.18 bits per heavy atom. The predicted octanol–water partition coefficient (Wildman–Crippen LogP) is 5.28. The highest BCUT2D eigenvalue weighted by Gasteiger charge is 2.33. The lowest BCUT2D eigenvalue weighted by atomic mass is 10.0. The molecule has 0 aromatic heterocycles. The highest BCUT2D eigenvalue weighted by Crippen LogP contribution is 2.23. The minimum Gasteiger partial charge on any atom is -0.354 e. The molecule has 0 radical (unpaired) electrons. The van der Waals surface area contributed by atoms with E-state index in [0.29, 0.717) is 17.3 Å². The smallest absolute Gasteiger partial charge is 0.244 e. The van der Waals surface area contributed by atoms with Crippen LogP contribution in [0.2, 0.25) is 5.02 Å². The second-order valence-corrected chi connectivity index (χ2v) is 13.0. The van der Waals surface area contributed by atoms with E-state index in [1.54, 1.807) is 24.3 Å². The van der Waals surface area contributed by atoms with Gasteiger partial charge in [0.25, 0.3) is 0 Å². The molecule has 2 amide bonds. The summed E-state index contributed by atoms with van der Waals surface area (Å²) in [6.45, 7) is 4.07. The van der Waals surface area contributed by atoms with Crippen molar-refractivity contribution in [2.45, 2.75) is 32.9 Å². The molecule has 0 aliphatic carbocycles. The number of carbonyl (C=O) groups is 2. The third-order valence-electron chi connectivity index (χ3n) is 5.99. The van der Waals surface area contributed by atoms with E-state index in [4.69, 9.17) is 11.6 Å². The number of amides is 2. The van der Waals surface area contributed by atoms with Crippen LogP contribution in [0.15, 0.2) is 83.3 Å². The molecule has 0 spiro atoms. The largest absolute Gasteiger partial charge is 0.354 e. The van der Waals surface area contributed by atoms with E-state index in [1.807, 2.05) is 68.4 Å². The fourth-order valence-electron chi connectivity index (χ4n) is 4.03. The number of sulfonamides is 1. The zero-order valence-corrected chi connectivity index (χ0v) is 25.3. The van der Waals surface area contributed by atoms with Crippen molar-refractivity contribution in [3.63, 3.8) is 0 Å². The third kappa shape index (κ3) is 9.37. The molecule has 0 heterocycles. The van der Waals surface area contributed by atoms with Crippen LogP contribution in [0.1, 0.15) is 25.0 Å². The Morgan fingerprint density at radius 1 is 0.949 bits per heavy atom. The van der Waals surface area contributed by atoms with E-state index in [0.717, 1.165) is 26.2 Å². The Bertz CT molecular complexity index is 1370. The standard InChI is InChI=1S/C29H33BrClN3O4S/c1-21(2)18-32-29(36)27(17-22-8-5-4-6-9-22)33(19-23-10-7-11-24(30)16-23)28(35)20-34(39(3,37)38)26-14-12-25(31)13-15-26/h4-16,21,27H,17-20H2,1-3H3,(H,32,36). The first-order chi connectivity index (χ1) is 18.4. The first kappa shape index (κ1) is 30.7. The molecule has 39 heavy (non-hydrogen) atoms. The summed E-state index contributed by atoms with van der Waals surface area (Å²) >= 11 is 9.48. The van der Waals surface area contributed by atoms with Gasteiger partial charge in [-0.3, -0.25) is 13.9 Å². The van der Waals surface area contributed by atoms with Gasteiger partial charge in [-0.05, 0) is 53.4 Å². The molecule has 10 heteroatoms. The minimum atomic E-state index is -3.83. The Kier molecular flexibility index (Phi) is 11.0. The normalized spacial score (nSPS) is 12.2. The average molecular weight is 635 g/mol. The fraction of sp³-hybridized carbons (Fsp3) is 0.310. The van der Waals surface area contributed by atoms with E-state index in [1.165, 1.54) is 4.90 Å². The quantitative estimate of drug-likeness (QED) is 0.294. The van der Waals surface area contributed by atoms with Crippen LogP contribution in [0.3, 0.4) is 0 Å². The van der Waals surface area contributed by atoms with Gasteiger partial charge in [0.2, 0.25) is 21.8 Å². The van der Waals surface area contributed by atoms with Crippen LogP contribution in [0.25, 0.3) is 0 Å². The van der Waals surface area contributed by atoms with Crippen molar-refractivity contribution < 1.29 is 18.0 Å². The number of halogens is 2. The average Bonchev–Trinajstić information content (AvgIpc) is 2.88. The van der Waals surface area contributed by atoms with Gasteiger partial charge in [0.05, 0.1) is 11.9 Å². The molecule has 0 aliphatic heterocycles. The van der Waals surface area contributed by atoms with E-state index in [-0.39, 0.29) is 24.8 Å². The van der Waals surface area contributed by atoms with Crippen molar-refractivity contribution in [3.8, 4) is 0 Å². The SMILES string of the molecule is CC(C)CNC(=O)C(Cc1ccccc1)N(Cc1cccc(Br)c1)C(=O)CN(c1ccc(Cl)cc1)S(C)(=O)=O. The number of benzene rings is 3. The summed E-state index contributed by atoms with van der Waals surface area (Å²) in [6, 6.07) is 22.3. The van der Waals surface area contributed by atoms with Gasteiger partial charge in [0.1, 0.15) is 12.6 Å². The second-order valence-electron chi connectivity index (χ2n) is 9.74. The van der Waals surface area contributed by atoms with Gasteiger partial charge in [-0.2, -0.15) is 0 Å². The molecular weight excluding hydrogens is 602 g/mol. The van der Waals surface area contributed by atoms with E-state index >= 15 is 0 Å². The maximum absolute atomic E-state index is 14.0. The van der Waals surface area contributed by atoms with Gasteiger partial charge >= 0.3 is 0 Å². The number of anilines is 1. The molecule has 0 saturated heterocycles. The van der Waals surface area contributed by atoms with Crippen LogP contribution in [0.4, 0.5) is 5.69 Å². The molecule has 0 bridgehead atoms. The van der Waals surface area contributed by atoms with Crippen molar-refractivity contribution in [2.24, 2.45) is 5.92 Å². The molecule has 1 atom stereocenters. The van der Waals surface area contributed by atoms with E-state index < -0.39 is 28.5 Å². The zero-order chi connectivity index (χ0) is 28.6. The number of rotatable bonds is 12. The maximum atomic E-state index is 14.0. The minimum absolute atomic E-state index is 0.114. The molecule has 3 aromatic rings. The molecule has 0 aliphatic rings. The predicted molar refractivity (Wildman–Crippen MR) is 160 cm³/mol. The van der Waals surface area contributed by atoms with Crippen LogP contribution in [0, 0.1) is 5.92 Å². The monoisotopic (exact) mass is 633 g/mol. The molecule has 1 N–H and O–H groups in total. The lowest BCUT2D eigenvalue weighted by Gasteiger charge is -2.33. The van der Waals surface area contributed by atoms with Gasteiger partial charge < -0.3 is 10.2 Å². The maximum Gasteiger partial charge on any atom is 0.244 e. The van der Waals surface area contributed by atoms with Gasteiger partial charge in [-0.15, -0.1) is 0 Å². The molecule has 1 unspecified atom stereocenters. The summed E-state index contributed by atoms with van der Waals surface area (Å²) in [5.74, 6) is -0.588.